The second kappa shape index (κ2) is 7.71. The number of terminal acetylenes is 1. The topological polar surface area (TPSA) is 38.3 Å². The maximum atomic E-state index is 13.0. The van der Waals surface area contributed by atoms with E-state index >= 15 is 0 Å². The molecule has 3 nitrogen and oxygen atoms in total. The van der Waals surface area contributed by atoms with Crippen molar-refractivity contribution in [2.75, 3.05) is 0 Å². The molecule has 2 aromatic rings. The van der Waals surface area contributed by atoms with Gasteiger partial charge in [-0.05, 0) is 42.0 Å². The standard InChI is InChI=1S/C20H20FNO2S/c1-2-20(11-4-3-5-12-20)22-19(23)18-17(10-13-25-18)24-14-15-6-8-16(21)9-7-15/h1,6-10,13H,3-5,11-12,14H2,(H,22,23). The van der Waals surface area contributed by atoms with E-state index in [1.807, 2.05) is 5.38 Å². The molecule has 130 valence electrons. The molecule has 0 bridgehead atoms. The fourth-order valence-electron chi connectivity index (χ4n) is 3.05. The monoisotopic (exact) mass is 357 g/mol. The molecule has 1 fully saturated rings. The first-order valence-corrected chi connectivity index (χ1v) is 9.25. The molecule has 3 rings (SSSR count). The zero-order valence-electron chi connectivity index (χ0n) is 13.9. The van der Waals surface area contributed by atoms with Crippen LogP contribution in [0.25, 0.3) is 0 Å². The number of hydrogen-bond donors (Lipinski definition) is 1. The van der Waals surface area contributed by atoms with Crippen LogP contribution in [0.1, 0.15) is 47.3 Å². The number of halogens is 1. The molecule has 0 aliphatic heterocycles. The van der Waals surface area contributed by atoms with Gasteiger partial charge in [-0.15, -0.1) is 17.8 Å². The molecule has 1 amide bonds. The summed E-state index contributed by atoms with van der Waals surface area (Å²) in [7, 11) is 0. The van der Waals surface area contributed by atoms with Crippen LogP contribution in [-0.2, 0) is 6.61 Å². The minimum absolute atomic E-state index is 0.191. The summed E-state index contributed by atoms with van der Waals surface area (Å²) < 4.78 is 18.7. The highest BCUT2D eigenvalue weighted by atomic mass is 32.1. The molecule has 0 spiro atoms. The molecular formula is C20H20FNO2S. The summed E-state index contributed by atoms with van der Waals surface area (Å²) in [6, 6.07) is 7.87. The molecular weight excluding hydrogens is 337 g/mol. The SMILES string of the molecule is C#CC1(NC(=O)c2sccc2OCc2ccc(F)cc2)CCCCC1. The number of carbonyl (C=O) groups excluding carboxylic acids is 1. The summed E-state index contributed by atoms with van der Waals surface area (Å²) in [4.78, 5) is 13.2. The van der Waals surface area contributed by atoms with Crippen molar-refractivity contribution in [1.29, 1.82) is 0 Å². The lowest BCUT2D eigenvalue weighted by atomic mass is 9.82. The number of nitrogens with one attached hydrogen (secondary N) is 1. The third-order valence-corrected chi connectivity index (χ3v) is 5.37. The number of amides is 1. The summed E-state index contributed by atoms with van der Waals surface area (Å²) in [6.07, 6.45) is 10.5. The van der Waals surface area contributed by atoms with Crippen LogP contribution in [0.2, 0.25) is 0 Å². The van der Waals surface area contributed by atoms with Crippen molar-refractivity contribution in [3.05, 3.63) is 52.0 Å². The normalized spacial score (nSPS) is 16.0. The van der Waals surface area contributed by atoms with E-state index in [1.165, 1.54) is 23.5 Å². The van der Waals surface area contributed by atoms with Crippen LogP contribution >= 0.6 is 11.3 Å². The smallest absolute Gasteiger partial charge is 0.266 e. The van der Waals surface area contributed by atoms with Crippen LogP contribution in [0.15, 0.2) is 35.7 Å². The van der Waals surface area contributed by atoms with Gasteiger partial charge in [-0.3, -0.25) is 4.79 Å². The fraction of sp³-hybridized carbons (Fsp3) is 0.350. The van der Waals surface area contributed by atoms with Gasteiger partial charge in [0.05, 0.1) is 0 Å². The number of carbonyl (C=O) groups is 1. The summed E-state index contributed by atoms with van der Waals surface area (Å²) in [5.74, 6) is 2.84. The van der Waals surface area contributed by atoms with E-state index in [2.05, 4.69) is 11.2 Å². The second-order valence-corrected chi connectivity index (χ2v) is 7.19. The van der Waals surface area contributed by atoms with Crippen LogP contribution in [-0.4, -0.2) is 11.4 Å². The molecule has 0 unspecified atom stereocenters. The van der Waals surface area contributed by atoms with Gasteiger partial charge in [0.15, 0.2) is 0 Å². The molecule has 5 heteroatoms. The molecule has 1 saturated carbocycles. The highest BCUT2D eigenvalue weighted by Gasteiger charge is 2.32. The van der Waals surface area contributed by atoms with Gasteiger partial charge in [-0.1, -0.05) is 37.3 Å². The highest BCUT2D eigenvalue weighted by Crippen LogP contribution is 2.30. The second-order valence-electron chi connectivity index (χ2n) is 6.27. The van der Waals surface area contributed by atoms with Gasteiger partial charge in [0.1, 0.15) is 28.6 Å². The number of thiophene rings is 1. The van der Waals surface area contributed by atoms with Crippen molar-refractivity contribution in [3.63, 3.8) is 0 Å². The quantitative estimate of drug-likeness (QED) is 0.798. The van der Waals surface area contributed by atoms with Crippen LogP contribution < -0.4 is 10.1 Å². The molecule has 1 aliphatic carbocycles. The van der Waals surface area contributed by atoms with Gasteiger partial charge in [-0.2, -0.15) is 0 Å². The third kappa shape index (κ3) is 4.21. The Morgan fingerprint density at radius 2 is 1.96 bits per heavy atom. The lowest BCUT2D eigenvalue weighted by Gasteiger charge is -2.33. The first-order chi connectivity index (χ1) is 12.1. The van der Waals surface area contributed by atoms with Crippen LogP contribution in [0.4, 0.5) is 4.39 Å². The first kappa shape index (κ1) is 17.5. The van der Waals surface area contributed by atoms with E-state index in [4.69, 9.17) is 11.2 Å². The Morgan fingerprint density at radius 1 is 1.24 bits per heavy atom. The average molecular weight is 357 g/mol. The van der Waals surface area contributed by atoms with E-state index in [0.717, 1.165) is 37.7 Å². The van der Waals surface area contributed by atoms with Gasteiger partial charge in [0.25, 0.3) is 5.91 Å². The minimum Gasteiger partial charge on any atom is -0.487 e. The van der Waals surface area contributed by atoms with E-state index in [0.29, 0.717) is 10.6 Å². The molecule has 0 saturated heterocycles. The van der Waals surface area contributed by atoms with Gasteiger partial charge in [0.2, 0.25) is 0 Å². The van der Waals surface area contributed by atoms with Gasteiger partial charge >= 0.3 is 0 Å². The maximum absolute atomic E-state index is 13.0. The largest absolute Gasteiger partial charge is 0.487 e. The van der Waals surface area contributed by atoms with Crippen molar-refractivity contribution in [2.45, 2.75) is 44.2 Å². The summed E-state index contributed by atoms with van der Waals surface area (Å²) in [5, 5.41) is 4.85. The number of hydrogen-bond acceptors (Lipinski definition) is 3. The predicted molar refractivity (Wildman–Crippen MR) is 97.2 cm³/mol. The fourth-order valence-corrected chi connectivity index (χ4v) is 3.78. The van der Waals surface area contributed by atoms with E-state index in [1.54, 1.807) is 18.2 Å². The molecule has 0 radical (unpaired) electrons. The van der Waals surface area contributed by atoms with Gasteiger partial charge in [0, 0.05) is 0 Å². The summed E-state index contributed by atoms with van der Waals surface area (Å²) in [6.45, 7) is 0.275. The third-order valence-electron chi connectivity index (χ3n) is 4.48. The summed E-state index contributed by atoms with van der Waals surface area (Å²) in [5.41, 5.74) is 0.291. The zero-order valence-corrected chi connectivity index (χ0v) is 14.7. The Hall–Kier alpha value is -2.32. The molecule has 1 aromatic heterocycles. The summed E-state index contributed by atoms with van der Waals surface area (Å²) >= 11 is 1.33. The average Bonchev–Trinajstić information content (AvgIpc) is 3.11. The maximum Gasteiger partial charge on any atom is 0.266 e. The van der Waals surface area contributed by atoms with Crippen molar-refractivity contribution < 1.29 is 13.9 Å². The zero-order chi connectivity index (χ0) is 17.7. The highest BCUT2D eigenvalue weighted by molar-refractivity contribution is 7.12. The molecule has 1 aliphatic rings. The predicted octanol–water partition coefficient (Wildman–Crippen LogP) is 4.53. The minimum atomic E-state index is -0.548. The van der Waals surface area contributed by atoms with Crippen LogP contribution in [0, 0.1) is 18.2 Å². The van der Waals surface area contributed by atoms with E-state index in [-0.39, 0.29) is 18.3 Å². The van der Waals surface area contributed by atoms with Crippen molar-refractivity contribution >= 4 is 17.2 Å². The first-order valence-electron chi connectivity index (χ1n) is 8.37. The lowest BCUT2D eigenvalue weighted by Crippen LogP contribution is -2.48. The lowest BCUT2D eigenvalue weighted by molar-refractivity contribution is 0.0904. The Balaban J connectivity index is 1.67. The molecule has 0 atom stereocenters. The number of benzene rings is 1. The molecule has 1 aromatic carbocycles. The Kier molecular flexibility index (Phi) is 5.40. The van der Waals surface area contributed by atoms with Crippen molar-refractivity contribution in [2.24, 2.45) is 0 Å². The van der Waals surface area contributed by atoms with Crippen LogP contribution in [0.3, 0.4) is 0 Å². The van der Waals surface area contributed by atoms with E-state index in [9.17, 15) is 9.18 Å². The van der Waals surface area contributed by atoms with Gasteiger partial charge in [-0.25, -0.2) is 4.39 Å². The Bertz CT molecular complexity index is 770. The number of rotatable bonds is 5. The van der Waals surface area contributed by atoms with Crippen LogP contribution in [0.5, 0.6) is 5.75 Å². The Morgan fingerprint density at radius 3 is 2.64 bits per heavy atom. The Labute approximate surface area is 151 Å². The molecule has 1 heterocycles. The number of ether oxygens (including phenoxy) is 1. The van der Waals surface area contributed by atoms with E-state index < -0.39 is 5.54 Å². The molecule has 25 heavy (non-hydrogen) atoms. The van der Waals surface area contributed by atoms with Crippen molar-refractivity contribution in [3.8, 4) is 18.1 Å². The van der Waals surface area contributed by atoms with Crippen molar-refractivity contribution in [1.82, 2.24) is 5.32 Å². The van der Waals surface area contributed by atoms with Gasteiger partial charge < -0.3 is 10.1 Å². The molecule has 1 N–H and O–H groups in total.